The maximum absolute atomic E-state index is 13.7. The maximum atomic E-state index is 13.7. The Labute approximate surface area is 240 Å². The van der Waals surface area contributed by atoms with Gasteiger partial charge in [-0.1, -0.05) is 61.7 Å². The molecule has 0 bridgehead atoms. The van der Waals surface area contributed by atoms with E-state index in [-0.39, 0.29) is 12.2 Å². The number of aryl methyl sites for hydroxylation is 1. The molecule has 0 radical (unpaired) electrons. The van der Waals surface area contributed by atoms with Gasteiger partial charge in [0, 0.05) is 18.9 Å². The first-order valence-electron chi connectivity index (χ1n) is 15.3. The van der Waals surface area contributed by atoms with Gasteiger partial charge in [0.15, 0.2) is 5.82 Å². The number of aromatic amines is 1. The minimum Gasteiger partial charge on any atom is -0.480 e. The van der Waals surface area contributed by atoms with Gasteiger partial charge in [-0.05, 0) is 68.3 Å². The minimum absolute atomic E-state index is 0.137. The molecule has 3 atom stereocenters. The van der Waals surface area contributed by atoms with Crippen LogP contribution in [0.4, 0.5) is 0 Å². The van der Waals surface area contributed by atoms with Crippen LogP contribution in [0.15, 0.2) is 35.1 Å². The topological polar surface area (TPSA) is 141 Å². The molecule has 3 unspecified atom stereocenters. The Morgan fingerprint density at radius 1 is 1.12 bits per heavy atom. The number of rotatable bonds is 13. The maximum Gasteiger partial charge on any atom is 0.346 e. The number of nitrogens with one attached hydrogen (secondary N) is 1. The van der Waals surface area contributed by atoms with E-state index in [9.17, 15) is 14.7 Å². The predicted octanol–water partition coefficient (Wildman–Crippen LogP) is 4.52. The SMILES string of the molecule is CCCCc1nn(CC(OCC(=O)O)c2ccccc2)c(=O)n1CC1CCC(C2CCCCC2c2nn[nH]n2)CC1. The molecule has 0 aliphatic heterocycles. The molecule has 2 fully saturated rings. The molecule has 0 amide bonds. The number of hydrogen-bond donors (Lipinski definition) is 2. The molecule has 2 N–H and O–H groups in total. The van der Waals surface area contributed by atoms with Gasteiger partial charge in [0.25, 0.3) is 0 Å². The van der Waals surface area contributed by atoms with Crippen molar-refractivity contribution in [2.75, 3.05) is 6.61 Å². The third kappa shape index (κ3) is 7.30. The lowest BCUT2D eigenvalue weighted by atomic mass is 9.66. The second kappa shape index (κ2) is 14.0. The van der Waals surface area contributed by atoms with Crippen molar-refractivity contribution in [1.82, 2.24) is 35.0 Å². The Kier molecular flexibility index (Phi) is 9.97. The molecule has 2 aliphatic rings. The molecule has 11 heteroatoms. The van der Waals surface area contributed by atoms with Gasteiger partial charge in [0.2, 0.25) is 0 Å². The quantitative estimate of drug-likeness (QED) is 0.308. The number of nitrogens with zero attached hydrogens (tertiary/aromatic N) is 6. The smallest absolute Gasteiger partial charge is 0.346 e. The van der Waals surface area contributed by atoms with Gasteiger partial charge in [-0.15, -0.1) is 10.2 Å². The molecule has 3 aromatic rings. The first-order chi connectivity index (χ1) is 20.0. The van der Waals surface area contributed by atoms with Crippen molar-refractivity contribution in [3.63, 3.8) is 0 Å². The molecule has 2 heterocycles. The standard InChI is InChI=1S/C30H43N7O4/c1-2-3-13-27-33-37(19-26(41-20-28(38)39)23-9-5-4-6-10-23)30(40)36(27)18-21-14-16-22(17-15-21)24-11-7-8-12-25(24)29-31-34-35-32-29/h4-6,9-10,21-22,24-26H,2-3,7-8,11-20H2,1H3,(H,38,39)(H,31,32,34,35). The second-order valence-corrected chi connectivity index (χ2v) is 11.8. The summed E-state index contributed by atoms with van der Waals surface area (Å²) in [5.41, 5.74) is 0.688. The molecule has 41 heavy (non-hydrogen) atoms. The second-order valence-electron chi connectivity index (χ2n) is 11.8. The van der Waals surface area contributed by atoms with Crippen molar-refractivity contribution in [3.8, 4) is 0 Å². The number of aromatic nitrogens is 7. The van der Waals surface area contributed by atoms with Crippen molar-refractivity contribution in [1.29, 1.82) is 0 Å². The summed E-state index contributed by atoms with van der Waals surface area (Å²) >= 11 is 0. The van der Waals surface area contributed by atoms with Crippen molar-refractivity contribution in [2.24, 2.45) is 17.8 Å². The minimum atomic E-state index is -1.04. The summed E-state index contributed by atoms with van der Waals surface area (Å²) in [4.78, 5) is 24.9. The molecule has 5 rings (SSSR count). The van der Waals surface area contributed by atoms with Crippen LogP contribution in [0.5, 0.6) is 0 Å². The zero-order chi connectivity index (χ0) is 28.6. The van der Waals surface area contributed by atoms with E-state index in [1.54, 1.807) is 0 Å². The molecule has 0 spiro atoms. The van der Waals surface area contributed by atoms with Gasteiger partial charge in [-0.3, -0.25) is 4.57 Å². The summed E-state index contributed by atoms with van der Waals surface area (Å²) in [5.74, 6) is 2.74. The van der Waals surface area contributed by atoms with Crippen LogP contribution in [0.3, 0.4) is 0 Å². The number of tetrazole rings is 1. The molecule has 1 aromatic carbocycles. The summed E-state index contributed by atoms with van der Waals surface area (Å²) in [6.45, 7) is 2.55. The van der Waals surface area contributed by atoms with E-state index in [2.05, 4.69) is 27.5 Å². The monoisotopic (exact) mass is 565 g/mol. The summed E-state index contributed by atoms with van der Waals surface area (Å²) in [7, 11) is 0. The van der Waals surface area contributed by atoms with E-state index in [1.165, 1.54) is 23.9 Å². The van der Waals surface area contributed by atoms with Crippen molar-refractivity contribution in [3.05, 3.63) is 58.0 Å². The number of hydrogen-bond acceptors (Lipinski definition) is 7. The molecule has 0 saturated heterocycles. The zero-order valence-corrected chi connectivity index (χ0v) is 24.0. The Balaban J connectivity index is 1.28. The van der Waals surface area contributed by atoms with Gasteiger partial charge in [-0.2, -0.15) is 10.3 Å². The lowest BCUT2D eigenvalue weighted by molar-refractivity contribution is -0.144. The first-order valence-corrected chi connectivity index (χ1v) is 15.3. The number of carboxylic acids is 1. The zero-order valence-electron chi connectivity index (χ0n) is 24.0. The van der Waals surface area contributed by atoms with Crippen LogP contribution in [0.1, 0.15) is 100 Å². The van der Waals surface area contributed by atoms with Crippen LogP contribution in [-0.2, 0) is 29.0 Å². The van der Waals surface area contributed by atoms with Crippen LogP contribution in [0.25, 0.3) is 0 Å². The van der Waals surface area contributed by atoms with Crippen LogP contribution in [0, 0.1) is 17.8 Å². The predicted molar refractivity (Wildman–Crippen MR) is 152 cm³/mol. The summed E-state index contributed by atoms with van der Waals surface area (Å²) in [5, 5.41) is 29.1. The van der Waals surface area contributed by atoms with E-state index < -0.39 is 18.7 Å². The van der Waals surface area contributed by atoms with E-state index in [0.29, 0.717) is 30.2 Å². The number of benzene rings is 1. The summed E-state index contributed by atoms with van der Waals surface area (Å²) in [6, 6.07) is 9.44. The van der Waals surface area contributed by atoms with Crippen LogP contribution in [-0.4, -0.2) is 52.7 Å². The highest BCUT2D eigenvalue weighted by Gasteiger charge is 2.37. The van der Waals surface area contributed by atoms with Gasteiger partial charge >= 0.3 is 11.7 Å². The van der Waals surface area contributed by atoms with E-state index in [0.717, 1.165) is 68.6 Å². The van der Waals surface area contributed by atoms with Gasteiger partial charge < -0.3 is 9.84 Å². The molecular weight excluding hydrogens is 522 g/mol. The summed E-state index contributed by atoms with van der Waals surface area (Å²) in [6.07, 6.45) is 11.5. The highest BCUT2D eigenvalue weighted by molar-refractivity contribution is 5.68. The Morgan fingerprint density at radius 3 is 2.61 bits per heavy atom. The van der Waals surface area contributed by atoms with Gasteiger partial charge in [0.1, 0.15) is 18.5 Å². The fourth-order valence-electron chi connectivity index (χ4n) is 6.99. The number of H-pyrrole nitrogens is 1. The van der Waals surface area contributed by atoms with Crippen LogP contribution >= 0.6 is 0 Å². The molecule has 2 aliphatic carbocycles. The molecule has 222 valence electrons. The average Bonchev–Trinajstić information content (AvgIpc) is 3.64. The van der Waals surface area contributed by atoms with Crippen LogP contribution in [0.2, 0.25) is 0 Å². The number of carbonyl (C=O) groups is 1. The molecule has 11 nitrogen and oxygen atoms in total. The third-order valence-electron chi connectivity index (χ3n) is 9.12. The number of aliphatic carboxylic acids is 1. The van der Waals surface area contributed by atoms with E-state index >= 15 is 0 Å². The van der Waals surface area contributed by atoms with Crippen LogP contribution < -0.4 is 5.69 Å². The van der Waals surface area contributed by atoms with Crippen molar-refractivity contribution >= 4 is 5.97 Å². The molecule has 2 saturated carbocycles. The third-order valence-corrected chi connectivity index (χ3v) is 9.12. The lowest BCUT2D eigenvalue weighted by Crippen LogP contribution is -2.33. The fraction of sp³-hybridized carbons (Fsp3) is 0.667. The lowest BCUT2D eigenvalue weighted by Gasteiger charge is -2.39. The Morgan fingerprint density at radius 2 is 1.90 bits per heavy atom. The molecular formula is C30H43N7O4. The normalized spacial score (nSPS) is 23.8. The van der Waals surface area contributed by atoms with Gasteiger partial charge in [-0.25, -0.2) is 14.3 Å². The average molecular weight is 566 g/mol. The molecule has 2 aromatic heterocycles. The van der Waals surface area contributed by atoms with Gasteiger partial charge in [0.05, 0.1) is 6.54 Å². The van der Waals surface area contributed by atoms with Crippen molar-refractivity contribution in [2.45, 2.75) is 103 Å². The highest BCUT2D eigenvalue weighted by atomic mass is 16.5. The fourth-order valence-corrected chi connectivity index (χ4v) is 6.99. The Hall–Kier alpha value is -3.34. The number of ether oxygens (including phenoxy) is 1. The first kappa shape index (κ1) is 29.2. The highest BCUT2D eigenvalue weighted by Crippen LogP contribution is 2.46. The number of unbranched alkanes of at least 4 members (excludes halogenated alkanes) is 1. The number of carboxylic acid groups (broad SMARTS) is 1. The Bertz CT molecular complexity index is 1280. The van der Waals surface area contributed by atoms with E-state index in [1.807, 2.05) is 34.9 Å². The van der Waals surface area contributed by atoms with E-state index in [4.69, 9.17) is 9.84 Å². The van der Waals surface area contributed by atoms with Crippen molar-refractivity contribution < 1.29 is 14.6 Å². The summed E-state index contributed by atoms with van der Waals surface area (Å²) < 4.78 is 9.07. The largest absolute Gasteiger partial charge is 0.480 e.